The lowest BCUT2D eigenvalue weighted by Crippen LogP contribution is -2.75. The molecule has 2 atom stereocenters. The zero-order valence-corrected chi connectivity index (χ0v) is 17.7. The molecule has 0 rings (SSSR count). The van der Waals surface area contributed by atoms with Crippen LogP contribution in [0.1, 0.15) is 26.2 Å². The Morgan fingerprint density at radius 3 is 1.35 bits per heavy atom. The van der Waals surface area contributed by atoms with Crippen molar-refractivity contribution < 1.29 is 89.6 Å². The monoisotopic (exact) mass is 593 g/mol. The van der Waals surface area contributed by atoms with Gasteiger partial charge in [-0.1, -0.05) is 19.8 Å². The van der Waals surface area contributed by atoms with Gasteiger partial charge in [0.2, 0.25) is 0 Å². The molecule has 0 bridgehead atoms. The molecular formula is C16H16F17NO3. The number of hydrogen-bond acceptors (Lipinski definition) is 3. The second kappa shape index (κ2) is 10.4. The Kier molecular flexibility index (Phi) is 9.90. The molecule has 0 aliphatic heterocycles. The number of unbranched alkanes of at least 4 members (excludes halogenated alkanes) is 1. The Morgan fingerprint density at radius 1 is 0.676 bits per heavy atom. The maximum atomic E-state index is 13.9. The summed E-state index contributed by atoms with van der Waals surface area (Å²) in [6, 6.07) is -1.95. The number of aliphatic hydroxyl groups is 1. The lowest BCUT2D eigenvalue weighted by atomic mass is 9.87. The third kappa shape index (κ3) is 5.51. The minimum absolute atomic E-state index is 0.00274. The topological polar surface area (TPSA) is 69.6 Å². The van der Waals surface area contributed by atoms with Gasteiger partial charge in [0.05, 0.1) is 0 Å². The van der Waals surface area contributed by atoms with E-state index in [4.69, 9.17) is 10.2 Å². The highest BCUT2D eigenvalue weighted by Gasteiger charge is 2.95. The van der Waals surface area contributed by atoms with E-state index < -0.39 is 78.7 Å². The first kappa shape index (κ1) is 35.2. The van der Waals surface area contributed by atoms with E-state index in [1.165, 1.54) is 12.2 Å². The SMILES string of the molecule is CCCC[C@H](NC[C@@H](O)C(F)(F)C(F)(F)C(F)(F)C(F)(F)C(F)(F)C(F)(F)C(F)(F)C(F)(F)F)C(=O)O. The summed E-state index contributed by atoms with van der Waals surface area (Å²) in [6.45, 7) is -0.682. The minimum atomic E-state index is -8.76. The molecule has 4 nitrogen and oxygen atoms in total. The van der Waals surface area contributed by atoms with Crippen molar-refractivity contribution in [3.63, 3.8) is 0 Å². The Labute approximate surface area is 194 Å². The number of aliphatic carboxylic acids is 1. The Bertz CT molecular complexity index is 796. The molecule has 222 valence electrons. The van der Waals surface area contributed by atoms with Crippen LogP contribution in [-0.4, -0.2) is 82.5 Å². The van der Waals surface area contributed by atoms with Crippen molar-refractivity contribution in [2.45, 2.75) is 86.0 Å². The first-order valence-corrected chi connectivity index (χ1v) is 9.39. The summed E-state index contributed by atoms with van der Waals surface area (Å²) in [5, 5.41) is 19.4. The molecule has 37 heavy (non-hydrogen) atoms. The average Bonchev–Trinajstić information content (AvgIpc) is 2.71. The van der Waals surface area contributed by atoms with E-state index in [-0.39, 0.29) is 12.8 Å². The Hall–Kier alpha value is -1.80. The number of carboxylic acids is 1. The van der Waals surface area contributed by atoms with Crippen molar-refractivity contribution in [2.75, 3.05) is 6.54 Å². The molecule has 0 aromatic heterocycles. The highest BCUT2D eigenvalue weighted by atomic mass is 19.4. The van der Waals surface area contributed by atoms with Gasteiger partial charge in [-0.05, 0) is 6.42 Å². The van der Waals surface area contributed by atoms with Gasteiger partial charge in [0.1, 0.15) is 12.1 Å². The number of halogens is 17. The molecule has 0 unspecified atom stereocenters. The molecule has 0 spiro atoms. The van der Waals surface area contributed by atoms with E-state index in [2.05, 4.69) is 0 Å². The van der Waals surface area contributed by atoms with Crippen molar-refractivity contribution in [2.24, 2.45) is 0 Å². The molecule has 0 aliphatic rings. The fourth-order valence-corrected chi connectivity index (χ4v) is 2.49. The van der Waals surface area contributed by atoms with Crippen molar-refractivity contribution in [3.05, 3.63) is 0 Å². The molecule has 0 saturated heterocycles. The number of carbonyl (C=O) groups is 1. The molecule has 0 radical (unpaired) electrons. The van der Waals surface area contributed by atoms with Crippen LogP contribution >= 0.6 is 0 Å². The molecule has 0 aromatic carbocycles. The van der Waals surface area contributed by atoms with Crippen molar-refractivity contribution in [1.82, 2.24) is 5.32 Å². The van der Waals surface area contributed by atoms with E-state index in [1.54, 1.807) is 0 Å². The van der Waals surface area contributed by atoms with E-state index >= 15 is 0 Å². The molecule has 0 fully saturated rings. The van der Waals surface area contributed by atoms with Gasteiger partial charge in [-0.25, -0.2) is 0 Å². The van der Waals surface area contributed by atoms with E-state index in [1.807, 2.05) is 0 Å². The van der Waals surface area contributed by atoms with Gasteiger partial charge in [-0.2, -0.15) is 74.6 Å². The first-order valence-electron chi connectivity index (χ1n) is 9.39. The lowest BCUT2D eigenvalue weighted by molar-refractivity contribution is -0.464. The lowest BCUT2D eigenvalue weighted by Gasteiger charge is -2.43. The number of hydrogen-bond donors (Lipinski definition) is 3. The zero-order valence-electron chi connectivity index (χ0n) is 17.7. The fraction of sp³-hybridized carbons (Fsp3) is 0.938. The molecule has 0 aliphatic carbocycles. The molecule has 3 N–H and O–H groups in total. The van der Waals surface area contributed by atoms with Gasteiger partial charge in [-0.3, -0.25) is 4.79 Å². The van der Waals surface area contributed by atoms with Crippen LogP contribution in [0.15, 0.2) is 0 Å². The third-order valence-electron chi connectivity index (χ3n) is 4.87. The molecule has 0 aromatic rings. The highest BCUT2D eigenvalue weighted by molar-refractivity contribution is 5.73. The number of carboxylic acid groups (broad SMARTS) is 1. The largest absolute Gasteiger partial charge is 0.480 e. The van der Waals surface area contributed by atoms with Crippen LogP contribution in [0.3, 0.4) is 0 Å². The quantitative estimate of drug-likeness (QED) is 0.230. The smallest absolute Gasteiger partial charge is 0.460 e. The summed E-state index contributed by atoms with van der Waals surface area (Å²) in [4.78, 5) is 10.9. The maximum absolute atomic E-state index is 13.9. The number of rotatable bonds is 14. The molecule has 0 heterocycles. The maximum Gasteiger partial charge on any atom is 0.460 e. The van der Waals surface area contributed by atoms with Gasteiger partial charge in [-0.15, -0.1) is 0 Å². The third-order valence-corrected chi connectivity index (χ3v) is 4.87. The summed E-state index contributed by atoms with van der Waals surface area (Å²) in [5.41, 5.74) is 0. The predicted molar refractivity (Wildman–Crippen MR) is 85.6 cm³/mol. The van der Waals surface area contributed by atoms with Crippen LogP contribution < -0.4 is 5.32 Å². The average molecular weight is 593 g/mol. The molecule has 0 saturated carbocycles. The Morgan fingerprint density at radius 2 is 1.03 bits per heavy atom. The number of alkyl halides is 17. The summed E-state index contributed by atoms with van der Waals surface area (Å²) in [6.07, 6.45) is -12.4. The van der Waals surface area contributed by atoms with Crippen molar-refractivity contribution in [1.29, 1.82) is 0 Å². The first-order chi connectivity index (χ1) is 16.0. The summed E-state index contributed by atoms with van der Waals surface area (Å²) in [7, 11) is 0. The van der Waals surface area contributed by atoms with Crippen LogP contribution in [0.25, 0.3) is 0 Å². The summed E-state index contributed by atoms with van der Waals surface area (Å²) < 4.78 is 224. The van der Waals surface area contributed by atoms with Gasteiger partial charge < -0.3 is 15.5 Å². The molecule has 21 heteroatoms. The number of aliphatic hydroxyl groups excluding tert-OH is 1. The number of nitrogens with one attached hydrogen (secondary N) is 1. The van der Waals surface area contributed by atoms with Crippen molar-refractivity contribution >= 4 is 5.97 Å². The van der Waals surface area contributed by atoms with Gasteiger partial charge in [0.15, 0.2) is 0 Å². The van der Waals surface area contributed by atoms with Crippen LogP contribution in [-0.2, 0) is 4.79 Å². The highest BCUT2D eigenvalue weighted by Crippen LogP contribution is 2.64. The zero-order chi connectivity index (χ0) is 30.3. The van der Waals surface area contributed by atoms with E-state index in [9.17, 15) is 79.4 Å². The van der Waals surface area contributed by atoms with Crippen molar-refractivity contribution in [3.8, 4) is 0 Å². The minimum Gasteiger partial charge on any atom is -0.480 e. The standard InChI is InChI=1S/C16H16F17NO3/c1-2-3-4-6(8(36)37)34-5-7(35)9(17,18)10(19,20)11(21,22)12(23,24)13(25,26)14(27,28)15(29,30)16(31,32)33/h6-7,34-35H,2-5H2,1H3,(H,36,37)/t6-,7+/m0/s1. The fourth-order valence-electron chi connectivity index (χ4n) is 2.49. The Balaban J connectivity index is 6.42. The van der Waals surface area contributed by atoms with Gasteiger partial charge in [0, 0.05) is 6.54 Å². The predicted octanol–water partition coefficient (Wildman–Crippen LogP) is 5.59. The van der Waals surface area contributed by atoms with Gasteiger partial charge in [0.25, 0.3) is 0 Å². The van der Waals surface area contributed by atoms with E-state index in [0.29, 0.717) is 0 Å². The molecular weight excluding hydrogens is 577 g/mol. The second-order valence-electron chi connectivity index (χ2n) is 7.52. The van der Waals surface area contributed by atoms with E-state index in [0.717, 1.165) is 0 Å². The summed E-state index contributed by atoms with van der Waals surface area (Å²) >= 11 is 0. The van der Waals surface area contributed by atoms with Crippen LogP contribution in [0.2, 0.25) is 0 Å². The second-order valence-corrected chi connectivity index (χ2v) is 7.52. The van der Waals surface area contributed by atoms with Gasteiger partial charge >= 0.3 is 53.6 Å². The van der Waals surface area contributed by atoms with Crippen LogP contribution in [0, 0.1) is 0 Å². The normalized spacial score (nSPS) is 17.1. The summed E-state index contributed by atoms with van der Waals surface area (Å²) in [5.74, 6) is -59.9. The van der Waals surface area contributed by atoms with Crippen LogP contribution in [0.5, 0.6) is 0 Å². The molecule has 0 amide bonds. The van der Waals surface area contributed by atoms with Crippen LogP contribution in [0.4, 0.5) is 74.6 Å².